The van der Waals surface area contributed by atoms with Crippen LogP contribution in [-0.2, 0) is 21.2 Å². The summed E-state index contributed by atoms with van der Waals surface area (Å²) in [7, 11) is -4.04. The predicted octanol–water partition coefficient (Wildman–Crippen LogP) is 3.71. The fourth-order valence-electron chi connectivity index (χ4n) is 3.94. The molecule has 0 spiro atoms. The van der Waals surface area contributed by atoms with Crippen molar-refractivity contribution >= 4 is 27.3 Å². The molecule has 1 saturated carbocycles. The van der Waals surface area contributed by atoms with Gasteiger partial charge < -0.3 is 4.90 Å². The molecule has 1 N–H and O–H groups in total. The smallest absolute Gasteiger partial charge is 0.264 e. The van der Waals surface area contributed by atoms with E-state index in [0.717, 1.165) is 49.4 Å². The van der Waals surface area contributed by atoms with Gasteiger partial charge in [-0.15, -0.1) is 0 Å². The lowest BCUT2D eigenvalue weighted by molar-refractivity contribution is -0.122. The molecule has 5 nitrogen and oxygen atoms in total. The van der Waals surface area contributed by atoms with E-state index in [1.807, 2.05) is 6.07 Å². The predicted molar refractivity (Wildman–Crippen MR) is 102 cm³/mol. The highest BCUT2D eigenvalue weighted by molar-refractivity contribution is 7.92. The van der Waals surface area contributed by atoms with E-state index in [0.29, 0.717) is 12.2 Å². The molecule has 0 saturated heterocycles. The summed E-state index contributed by atoms with van der Waals surface area (Å²) in [5.74, 6) is -0.612. The van der Waals surface area contributed by atoms with E-state index in [4.69, 9.17) is 0 Å². The van der Waals surface area contributed by atoms with Gasteiger partial charge in [-0.3, -0.25) is 9.52 Å². The molecule has 1 aliphatic heterocycles. The van der Waals surface area contributed by atoms with Gasteiger partial charge in [0.05, 0.1) is 5.69 Å². The molecule has 0 bridgehead atoms. The van der Waals surface area contributed by atoms with Crippen LogP contribution in [0.2, 0.25) is 0 Å². The van der Waals surface area contributed by atoms with Crippen LogP contribution >= 0.6 is 0 Å². The molecule has 2 aliphatic rings. The Kier molecular flexibility index (Phi) is 4.63. The lowest BCUT2D eigenvalue weighted by Crippen LogP contribution is -2.33. The molecule has 7 heteroatoms. The van der Waals surface area contributed by atoms with Gasteiger partial charge in [0.1, 0.15) is 10.7 Å². The van der Waals surface area contributed by atoms with Crippen molar-refractivity contribution < 1.29 is 17.6 Å². The molecular weight excluding hydrogens is 367 g/mol. The zero-order valence-corrected chi connectivity index (χ0v) is 15.6. The molecule has 142 valence electrons. The van der Waals surface area contributed by atoms with Gasteiger partial charge in [0.15, 0.2) is 0 Å². The molecule has 1 heterocycles. The van der Waals surface area contributed by atoms with E-state index in [2.05, 4.69) is 4.72 Å². The summed E-state index contributed by atoms with van der Waals surface area (Å²) in [5, 5.41) is 0. The highest BCUT2D eigenvalue weighted by Gasteiger charge is 2.32. The minimum atomic E-state index is -4.04. The van der Waals surface area contributed by atoms with Gasteiger partial charge in [-0.1, -0.05) is 31.0 Å². The van der Waals surface area contributed by atoms with Crippen LogP contribution in [0.1, 0.15) is 31.2 Å². The SMILES string of the molecule is O=C(C1CCCC1)N1CCc2ccc(NS(=O)(=O)c3ccccc3F)cc21. The summed E-state index contributed by atoms with van der Waals surface area (Å²) in [6, 6.07) is 10.4. The van der Waals surface area contributed by atoms with Gasteiger partial charge in [0.25, 0.3) is 10.0 Å². The number of sulfonamides is 1. The summed E-state index contributed by atoms with van der Waals surface area (Å²) < 4.78 is 41.3. The van der Waals surface area contributed by atoms with Crippen molar-refractivity contribution in [2.75, 3.05) is 16.2 Å². The van der Waals surface area contributed by atoms with E-state index < -0.39 is 20.7 Å². The van der Waals surface area contributed by atoms with E-state index in [9.17, 15) is 17.6 Å². The number of halogens is 1. The molecule has 0 radical (unpaired) electrons. The zero-order valence-electron chi connectivity index (χ0n) is 14.8. The molecular formula is C20H21FN2O3S. The molecule has 1 aliphatic carbocycles. The van der Waals surface area contributed by atoms with Crippen molar-refractivity contribution in [1.29, 1.82) is 0 Å². The van der Waals surface area contributed by atoms with Crippen molar-refractivity contribution in [3.8, 4) is 0 Å². The third-order valence-corrected chi connectivity index (χ3v) is 6.74. The second-order valence-corrected chi connectivity index (χ2v) is 8.75. The summed E-state index contributed by atoms with van der Waals surface area (Å²) >= 11 is 0. The summed E-state index contributed by atoms with van der Waals surface area (Å²) in [6.45, 7) is 0.619. The number of nitrogens with one attached hydrogen (secondary N) is 1. The lowest BCUT2D eigenvalue weighted by Gasteiger charge is -2.22. The van der Waals surface area contributed by atoms with Crippen LogP contribution in [0.25, 0.3) is 0 Å². The number of nitrogens with zero attached hydrogens (tertiary/aromatic N) is 1. The van der Waals surface area contributed by atoms with Crippen LogP contribution in [0.15, 0.2) is 47.4 Å². The maximum atomic E-state index is 13.9. The molecule has 27 heavy (non-hydrogen) atoms. The first-order valence-corrected chi connectivity index (χ1v) is 10.7. The summed E-state index contributed by atoms with van der Waals surface area (Å²) in [4.78, 5) is 14.2. The number of rotatable bonds is 4. The molecule has 0 aromatic heterocycles. The minimum absolute atomic E-state index is 0.0645. The highest BCUT2D eigenvalue weighted by atomic mass is 32.2. The van der Waals surface area contributed by atoms with E-state index in [1.54, 1.807) is 17.0 Å². The molecule has 4 rings (SSSR count). The molecule has 1 fully saturated rings. The zero-order chi connectivity index (χ0) is 19.0. The van der Waals surface area contributed by atoms with Crippen LogP contribution in [0.3, 0.4) is 0 Å². The Labute approximate surface area is 158 Å². The Morgan fingerprint density at radius 1 is 1.11 bits per heavy atom. The van der Waals surface area contributed by atoms with Gasteiger partial charge in [-0.25, -0.2) is 12.8 Å². The first-order chi connectivity index (χ1) is 13.0. The molecule has 1 amide bonds. The second kappa shape index (κ2) is 6.96. The molecule has 2 aromatic rings. The van der Waals surface area contributed by atoms with Gasteiger partial charge in [-0.2, -0.15) is 0 Å². The van der Waals surface area contributed by atoms with Gasteiger partial charge in [0, 0.05) is 18.2 Å². The van der Waals surface area contributed by atoms with Crippen molar-refractivity contribution in [2.24, 2.45) is 5.92 Å². The highest BCUT2D eigenvalue weighted by Crippen LogP contribution is 2.35. The fourth-order valence-corrected chi connectivity index (χ4v) is 5.07. The minimum Gasteiger partial charge on any atom is -0.312 e. The average molecular weight is 388 g/mol. The Balaban J connectivity index is 1.60. The van der Waals surface area contributed by atoms with Crippen molar-refractivity contribution in [2.45, 2.75) is 37.0 Å². The molecule has 0 unspecified atom stereocenters. The Morgan fingerprint density at radius 3 is 2.59 bits per heavy atom. The van der Waals surface area contributed by atoms with Gasteiger partial charge in [-0.05, 0) is 49.1 Å². The maximum Gasteiger partial charge on any atom is 0.264 e. The monoisotopic (exact) mass is 388 g/mol. The second-order valence-electron chi connectivity index (χ2n) is 7.10. The van der Waals surface area contributed by atoms with Gasteiger partial charge >= 0.3 is 0 Å². The number of carbonyl (C=O) groups excluding carboxylic acids is 1. The maximum absolute atomic E-state index is 13.9. The topological polar surface area (TPSA) is 66.5 Å². The van der Waals surface area contributed by atoms with E-state index >= 15 is 0 Å². The Morgan fingerprint density at radius 2 is 1.85 bits per heavy atom. The first-order valence-electron chi connectivity index (χ1n) is 9.17. The third kappa shape index (κ3) is 3.43. The first kappa shape index (κ1) is 18.0. The normalized spacial score (nSPS) is 17.1. The Bertz CT molecular complexity index is 984. The summed E-state index contributed by atoms with van der Waals surface area (Å²) in [6.07, 6.45) is 4.77. The molecule has 2 aromatic carbocycles. The molecule has 0 atom stereocenters. The van der Waals surface area contributed by atoms with Crippen LogP contribution in [-0.4, -0.2) is 20.9 Å². The van der Waals surface area contributed by atoms with Crippen LogP contribution in [0, 0.1) is 11.7 Å². The number of hydrogen-bond donors (Lipinski definition) is 1. The summed E-state index contributed by atoms with van der Waals surface area (Å²) in [5.41, 5.74) is 2.10. The fraction of sp³-hybridized carbons (Fsp3) is 0.350. The van der Waals surface area contributed by atoms with Crippen molar-refractivity contribution in [3.63, 3.8) is 0 Å². The van der Waals surface area contributed by atoms with Crippen LogP contribution in [0.5, 0.6) is 0 Å². The number of fused-ring (bicyclic) bond motifs is 1. The van der Waals surface area contributed by atoms with E-state index in [1.165, 1.54) is 18.2 Å². The number of benzene rings is 2. The quantitative estimate of drug-likeness (QED) is 0.868. The van der Waals surface area contributed by atoms with E-state index in [-0.39, 0.29) is 11.8 Å². The number of amides is 1. The van der Waals surface area contributed by atoms with Gasteiger partial charge in [0.2, 0.25) is 5.91 Å². The van der Waals surface area contributed by atoms with Crippen molar-refractivity contribution in [3.05, 3.63) is 53.8 Å². The number of hydrogen-bond acceptors (Lipinski definition) is 3. The lowest BCUT2D eigenvalue weighted by atomic mass is 10.1. The average Bonchev–Trinajstić information content (AvgIpc) is 3.31. The largest absolute Gasteiger partial charge is 0.312 e. The standard InChI is InChI=1S/C20H21FN2O3S/c21-17-7-3-4-8-19(17)27(25,26)22-16-10-9-14-11-12-23(18(14)13-16)20(24)15-5-1-2-6-15/h3-4,7-10,13,15,22H,1-2,5-6,11-12H2. The Hall–Kier alpha value is -2.41. The van der Waals surface area contributed by atoms with Crippen LogP contribution in [0.4, 0.5) is 15.8 Å². The van der Waals surface area contributed by atoms with Crippen LogP contribution < -0.4 is 9.62 Å². The third-order valence-electron chi connectivity index (χ3n) is 5.33. The number of carbonyl (C=O) groups is 1. The number of anilines is 2. The van der Waals surface area contributed by atoms with Crippen molar-refractivity contribution in [1.82, 2.24) is 0 Å².